The van der Waals surface area contributed by atoms with Crippen LogP contribution in [0.3, 0.4) is 0 Å². The van der Waals surface area contributed by atoms with Gasteiger partial charge < -0.3 is 15.0 Å². The van der Waals surface area contributed by atoms with Crippen molar-refractivity contribution in [3.8, 4) is 0 Å². The Labute approximate surface area is 92.0 Å². The highest BCUT2D eigenvalue weighted by Crippen LogP contribution is 2.15. The van der Waals surface area contributed by atoms with E-state index >= 15 is 0 Å². The standard InChI is InChI=1S/C11H22N2O2/c1-4-13(3)11(14)8-12-9(2)10-6-5-7-15-10/h9-10,12H,4-8H2,1-3H3. The Hall–Kier alpha value is -0.610. The molecule has 1 saturated heterocycles. The zero-order valence-electron chi connectivity index (χ0n) is 9.95. The zero-order chi connectivity index (χ0) is 11.3. The Balaban J connectivity index is 2.20. The van der Waals surface area contributed by atoms with Gasteiger partial charge in [0.25, 0.3) is 0 Å². The van der Waals surface area contributed by atoms with E-state index < -0.39 is 0 Å². The normalized spacial score (nSPS) is 22.7. The summed E-state index contributed by atoms with van der Waals surface area (Å²) in [7, 11) is 1.82. The second kappa shape index (κ2) is 6.08. The number of nitrogens with zero attached hydrogens (tertiary/aromatic N) is 1. The van der Waals surface area contributed by atoms with E-state index in [4.69, 9.17) is 4.74 Å². The molecule has 0 spiro atoms. The summed E-state index contributed by atoms with van der Waals surface area (Å²) in [5.74, 6) is 0.141. The summed E-state index contributed by atoms with van der Waals surface area (Å²) < 4.78 is 5.55. The van der Waals surface area contributed by atoms with Crippen molar-refractivity contribution >= 4 is 5.91 Å². The Bertz CT molecular complexity index is 203. The van der Waals surface area contributed by atoms with Crippen molar-refractivity contribution in [1.82, 2.24) is 10.2 Å². The van der Waals surface area contributed by atoms with E-state index in [0.29, 0.717) is 6.54 Å². The molecule has 0 aromatic rings. The van der Waals surface area contributed by atoms with Crippen LogP contribution in [0.15, 0.2) is 0 Å². The topological polar surface area (TPSA) is 41.6 Å². The first-order chi connectivity index (χ1) is 7.15. The van der Waals surface area contributed by atoms with E-state index in [1.807, 2.05) is 14.0 Å². The SMILES string of the molecule is CCN(C)C(=O)CNC(C)C1CCCO1. The van der Waals surface area contributed by atoms with Crippen LogP contribution in [0.2, 0.25) is 0 Å². The molecule has 1 aliphatic heterocycles. The Morgan fingerprint density at radius 1 is 1.67 bits per heavy atom. The third-order valence-corrected chi connectivity index (χ3v) is 3.00. The van der Waals surface area contributed by atoms with Crippen molar-refractivity contribution in [2.45, 2.75) is 38.8 Å². The van der Waals surface area contributed by atoms with Gasteiger partial charge in [-0.15, -0.1) is 0 Å². The fourth-order valence-electron chi connectivity index (χ4n) is 1.69. The van der Waals surface area contributed by atoms with E-state index in [1.165, 1.54) is 0 Å². The minimum Gasteiger partial charge on any atom is -0.377 e. The van der Waals surface area contributed by atoms with Gasteiger partial charge in [0, 0.05) is 26.2 Å². The number of hydrogen-bond donors (Lipinski definition) is 1. The molecule has 1 heterocycles. The summed E-state index contributed by atoms with van der Waals surface area (Å²) in [6, 6.07) is 0.265. The summed E-state index contributed by atoms with van der Waals surface area (Å²) in [6.45, 7) is 6.08. The number of ether oxygens (including phenoxy) is 1. The fourth-order valence-corrected chi connectivity index (χ4v) is 1.69. The van der Waals surface area contributed by atoms with Crippen LogP contribution in [0.5, 0.6) is 0 Å². The fraction of sp³-hybridized carbons (Fsp3) is 0.909. The Morgan fingerprint density at radius 3 is 2.93 bits per heavy atom. The number of likely N-dealkylation sites (N-methyl/N-ethyl adjacent to an activating group) is 1. The van der Waals surface area contributed by atoms with E-state index in [1.54, 1.807) is 4.90 Å². The molecule has 15 heavy (non-hydrogen) atoms. The summed E-state index contributed by atoms with van der Waals surface area (Å²) in [5, 5.41) is 3.22. The second-order valence-electron chi connectivity index (χ2n) is 4.13. The third kappa shape index (κ3) is 3.80. The van der Waals surface area contributed by atoms with E-state index in [9.17, 15) is 4.79 Å². The first-order valence-corrected chi connectivity index (χ1v) is 5.74. The van der Waals surface area contributed by atoms with Crippen LogP contribution in [-0.2, 0) is 9.53 Å². The average molecular weight is 214 g/mol. The summed E-state index contributed by atoms with van der Waals surface area (Å²) in [5.41, 5.74) is 0. The molecular weight excluding hydrogens is 192 g/mol. The van der Waals surface area contributed by atoms with Gasteiger partial charge in [-0.25, -0.2) is 0 Å². The van der Waals surface area contributed by atoms with Crippen molar-refractivity contribution in [1.29, 1.82) is 0 Å². The van der Waals surface area contributed by atoms with Gasteiger partial charge in [0.1, 0.15) is 0 Å². The predicted octanol–water partition coefficient (Wildman–Crippen LogP) is 0.622. The van der Waals surface area contributed by atoms with E-state index in [-0.39, 0.29) is 18.1 Å². The number of rotatable bonds is 5. The van der Waals surface area contributed by atoms with Gasteiger partial charge in [-0.2, -0.15) is 0 Å². The summed E-state index contributed by atoms with van der Waals surface area (Å²) >= 11 is 0. The lowest BCUT2D eigenvalue weighted by atomic mass is 10.1. The lowest BCUT2D eigenvalue weighted by molar-refractivity contribution is -0.129. The Kier molecular flexibility index (Phi) is 5.05. The molecule has 88 valence electrons. The smallest absolute Gasteiger partial charge is 0.236 e. The molecule has 2 unspecified atom stereocenters. The molecule has 1 amide bonds. The maximum atomic E-state index is 11.5. The molecule has 0 bridgehead atoms. The maximum absolute atomic E-state index is 11.5. The molecule has 4 nitrogen and oxygen atoms in total. The van der Waals surface area contributed by atoms with Crippen molar-refractivity contribution in [2.75, 3.05) is 26.7 Å². The number of hydrogen-bond acceptors (Lipinski definition) is 3. The van der Waals surface area contributed by atoms with Gasteiger partial charge in [0.05, 0.1) is 12.6 Å². The molecule has 0 aromatic carbocycles. The van der Waals surface area contributed by atoms with Crippen LogP contribution >= 0.6 is 0 Å². The van der Waals surface area contributed by atoms with Crippen LogP contribution in [0.4, 0.5) is 0 Å². The third-order valence-electron chi connectivity index (χ3n) is 3.00. The van der Waals surface area contributed by atoms with Gasteiger partial charge in [0.2, 0.25) is 5.91 Å². The van der Waals surface area contributed by atoms with Gasteiger partial charge in [-0.05, 0) is 26.7 Å². The zero-order valence-corrected chi connectivity index (χ0v) is 9.95. The molecule has 1 aliphatic rings. The predicted molar refractivity (Wildman–Crippen MR) is 59.7 cm³/mol. The van der Waals surface area contributed by atoms with Gasteiger partial charge >= 0.3 is 0 Å². The maximum Gasteiger partial charge on any atom is 0.236 e. The molecule has 1 rings (SSSR count). The molecule has 0 saturated carbocycles. The van der Waals surface area contributed by atoms with Gasteiger partial charge in [-0.3, -0.25) is 4.79 Å². The number of carbonyl (C=O) groups is 1. The molecule has 4 heteroatoms. The highest BCUT2D eigenvalue weighted by atomic mass is 16.5. The van der Waals surface area contributed by atoms with Crippen molar-refractivity contribution in [3.63, 3.8) is 0 Å². The molecule has 0 aliphatic carbocycles. The van der Waals surface area contributed by atoms with E-state index in [0.717, 1.165) is 26.0 Å². The molecule has 0 aromatic heterocycles. The highest BCUT2D eigenvalue weighted by molar-refractivity contribution is 5.77. The average Bonchev–Trinajstić information content (AvgIpc) is 2.77. The first-order valence-electron chi connectivity index (χ1n) is 5.74. The molecule has 0 radical (unpaired) electrons. The van der Waals surface area contributed by atoms with Crippen LogP contribution in [-0.4, -0.2) is 49.7 Å². The lowest BCUT2D eigenvalue weighted by Crippen LogP contribution is -2.43. The highest BCUT2D eigenvalue weighted by Gasteiger charge is 2.22. The van der Waals surface area contributed by atoms with Crippen molar-refractivity contribution in [2.24, 2.45) is 0 Å². The Morgan fingerprint density at radius 2 is 2.40 bits per heavy atom. The lowest BCUT2D eigenvalue weighted by Gasteiger charge is -2.21. The molecule has 1 fully saturated rings. The van der Waals surface area contributed by atoms with Crippen LogP contribution in [0.1, 0.15) is 26.7 Å². The first kappa shape index (κ1) is 12.5. The molecule has 1 N–H and O–H groups in total. The van der Waals surface area contributed by atoms with Crippen molar-refractivity contribution < 1.29 is 9.53 Å². The summed E-state index contributed by atoms with van der Waals surface area (Å²) in [6.07, 6.45) is 2.52. The molecular formula is C11H22N2O2. The van der Waals surface area contributed by atoms with Gasteiger partial charge in [-0.1, -0.05) is 0 Å². The van der Waals surface area contributed by atoms with Crippen LogP contribution in [0.25, 0.3) is 0 Å². The number of amides is 1. The van der Waals surface area contributed by atoms with E-state index in [2.05, 4.69) is 12.2 Å². The second-order valence-corrected chi connectivity index (χ2v) is 4.13. The largest absolute Gasteiger partial charge is 0.377 e. The van der Waals surface area contributed by atoms with Crippen molar-refractivity contribution in [3.05, 3.63) is 0 Å². The van der Waals surface area contributed by atoms with Crippen LogP contribution in [0, 0.1) is 0 Å². The molecule has 2 atom stereocenters. The number of carbonyl (C=O) groups excluding carboxylic acids is 1. The quantitative estimate of drug-likeness (QED) is 0.729. The van der Waals surface area contributed by atoms with Crippen LogP contribution < -0.4 is 5.32 Å². The minimum absolute atomic E-state index is 0.141. The minimum atomic E-state index is 0.141. The summed E-state index contributed by atoms with van der Waals surface area (Å²) in [4.78, 5) is 13.2. The number of nitrogens with one attached hydrogen (secondary N) is 1. The van der Waals surface area contributed by atoms with Gasteiger partial charge in [0.15, 0.2) is 0 Å². The monoisotopic (exact) mass is 214 g/mol.